The van der Waals surface area contributed by atoms with Crippen molar-refractivity contribution >= 4 is 37.1 Å². The van der Waals surface area contributed by atoms with Crippen molar-refractivity contribution in [1.82, 2.24) is 5.32 Å². The minimum atomic E-state index is -2.89. The summed E-state index contributed by atoms with van der Waals surface area (Å²) in [4.78, 5) is 1.20. The molecule has 0 bridgehead atoms. The Balaban J connectivity index is 2.37. The molecule has 15 heavy (non-hydrogen) atoms. The number of hydrogen-bond acceptors (Lipinski definition) is 4. The van der Waals surface area contributed by atoms with Crippen LogP contribution in [0.25, 0.3) is 0 Å². The molecule has 0 aliphatic carbocycles. The third-order valence-electron chi connectivity index (χ3n) is 1.80. The van der Waals surface area contributed by atoms with Crippen LogP contribution in [-0.2, 0) is 16.4 Å². The predicted molar refractivity (Wildman–Crippen MR) is 68.0 cm³/mol. The summed E-state index contributed by atoms with van der Waals surface area (Å²) in [5, 5.41) is 5.19. The van der Waals surface area contributed by atoms with Crippen LogP contribution in [0.3, 0.4) is 0 Å². The number of hydrogen-bond donors (Lipinski definition) is 1. The van der Waals surface area contributed by atoms with Gasteiger partial charge in [-0.2, -0.15) is 0 Å². The van der Waals surface area contributed by atoms with Gasteiger partial charge in [-0.3, -0.25) is 0 Å². The quantitative estimate of drug-likeness (QED) is 0.905. The van der Waals surface area contributed by atoms with E-state index in [1.165, 1.54) is 11.1 Å². The zero-order valence-electron chi connectivity index (χ0n) is 8.66. The van der Waals surface area contributed by atoms with Crippen molar-refractivity contribution in [3.05, 3.63) is 20.8 Å². The minimum Gasteiger partial charge on any atom is -0.308 e. The fourth-order valence-electron chi connectivity index (χ4n) is 1.23. The molecule has 1 N–H and O–H groups in total. The van der Waals surface area contributed by atoms with E-state index >= 15 is 0 Å². The van der Waals surface area contributed by atoms with Gasteiger partial charge >= 0.3 is 0 Å². The fourth-order valence-corrected chi connectivity index (χ4v) is 3.66. The zero-order valence-corrected chi connectivity index (χ0v) is 11.9. The van der Waals surface area contributed by atoms with Crippen molar-refractivity contribution in [1.29, 1.82) is 0 Å². The second-order valence-electron chi connectivity index (χ2n) is 3.61. The molecule has 0 radical (unpaired) electrons. The van der Waals surface area contributed by atoms with Crippen molar-refractivity contribution in [3.63, 3.8) is 0 Å². The Morgan fingerprint density at radius 1 is 1.60 bits per heavy atom. The Hall–Kier alpha value is 0.0900. The molecule has 1 aromatic heterocycles. The lowest BCUT2D eigenvalue weighted by Gasteiger charge is -2.11. The molecule has 0 aliphatic heterocycles. The van der Waals surface area contributed by atoms with E-state index < -0.39 is 9.84 Å². The number of rotatable bonds is 5. The Bertz CT molecular complexity index is 414. The number of halogens is 1. The second-order valence-corrected chi connectivity index (χ2v) is 7.70. The average Bonchev–Trinajstić information content (AvgIpc) is 2.45. The first-order chi connectivity index (χ1) is 6.87. The van der Waals surface area contributed by atoms with Gasteiger partial charge in [-0.15, -0.1) is 11.3 Å². The van der Waals surface area contributed by atoms with Crippen molar-refractivity contribution in [3.8, 4) is 0 Å². The molecule has 0 aliphatic rings. The lowest BCUT2D eigenvalue weighted by Crippen LogP contribution is -2.31. The van der Waals surface area contributed by atoms with E-state index in [0.717, 1.165) is 4.47 Å². The van der Waals surface area contributed by atoms with Gasteiger partial charge in [-0.1, -0.05) is 0 Å². The van der Waals surface area contributed by atoms with Crippen molar-refractivity contribution < 1.29 is 8.42 Å². The van der Waals surface area contributed by atoms with Crippen LogP contribution in [0.2, 0.25) is 0 Å². The van der Waals surface area contributed by atoms with Gasteiger partial charge in [0.1, 0.15) is 9.84 Å². The van der Waals surface area contributed by atoms with Gasteiger partial charge in [0.2, 0.25) is 0 Å². The van der Waals surface area contributed by atoms with Crippen LogP contribution in [0.5, 0.6) is 0 Å². The van der Waals surface area contributed by atoms with Crippen LogP contribution < -0.4 is 5.32 Å². The first-order valence-electron chi connectivity index (χ1n) is 4.51. The Morgan fingerprint density at radius 3 is 2.73 bits per heavy atom. The summed E-state index contributed by atoms with van der Waals surface area (Å²) in [6.45, 7) is 2.59. The maximum atomic E-state index is 11.0. The third-order valence-corrected chi connectivity index (χ3v) is 4.60. The Kier molecular flexibility index (Phi) is 4.76. The van der Waals surface area contributed by atoms with Gasteiger partial charge in [0.25, 0.3) is 0 Å². The Labute approximate surface area is 103 Å². The molecule has 0 saturated carbocycles. The SMILES string of the molecule is CC(CS(C)(=O)=O)NCc1cc(Br)cs1. The second kappa shape index (κ2) is 5.43. The third kappa shape index (κ3) is 5.65. The van der Waals surface area contributed by atoms with Gasteiger partial charge in [-0.05, 0) is 28.9 Å². The predicted octanol–water partition coefficient (Wildman–Crippen LogP) is 2.03. The highest BCUT2D eigenvalue weighted by Gasteiger charge is 2.09. The highest BCUT2D eigenvalue weighted by molar-refractivity contribution is 9.10. The van der Waals surface area contributed by atoms with E-state index in [-0.39, 0.29) is 11.8 Å². The van der Waals surface area contributed by atoms with Crippen LogP contribution in [0, 0.1) is 0 Å². The molecule has 6 heteroatoms. The van der Waals surface area contributed by atoms with Crippen molar-refractivity contribution in [2.24, 2.45) is 0 Å². The standard InChI is InChI=1S/C9H14BrNO2S2/c1-7(6-15(2,12)13)11-4-9-3-8(10)5-14-9/h3,5,7,11H,4,6H2,1-2H3. The molecule has 1 rings (SSSR count). The maximum Gasteiger partial charge on any atom is 0.148 e. The molecule has 86 valence electrons. The largest absolute Gasteiger partial charge is 0.308 e. The molecule has 1 atom stereocenters. The lowest BCUT2D eigenvalue weighted by molar-refractivity contribution is 0.562. The highest BCUT2D eigenvalue weighted by atomic mass is 79.9. The molecular weight excluding hydrogens is 298 g/mol. The highest BCUT2D eigenvalue weighted by Crippen LogP contribution is 2.19. The van der Waals surface area contributed by atoms with Gasteiger partial charge in [-0.25, -0.2) is 8.42 Å². The smallest absolute Gasteiger partial charge is 0.148 e. The summed E-state index contributed by atoms with van der Waals surface area (Å²) in [6.07, 6.45) is 1.26. The summed E-state index contributed by atoms with van der Waals surface area (Å²) in [6, 6.07) is 2.02. The molecule has 3 nitrogen and oxygen atoms in total. The van der Waals surface area contributed by atoms with Crippen molar-refractivity contribution in [2.75, 3.05) is 12.0 Å². The molecule has 0 fully saturated rings. The molecular formula is C9H14BrNO2S2. The van der Waals surface area contributed by atoms with Crippen LogP contribution in [-0.4, -0.2) is 26.5 Å². The maximum absolute atomic E-state index is 11.0. The molecule has 1 unspecified atom stereocenters. The van der Waals surface area contributed by atoms with E-state index in [9.17, 15) is 8.42 Å². The van der Waals surface area contributed by atoms with Crippen LogP contribution in [0.1, 0.15) is 11.8 Å². The molecule has 0 amide bonds. The zero-order chi connectivity index (χ0) is 11.5. The molecule has 1 heterocycles. The molecule has 0 spiro atoms. The summed E-state index contributed by atoms with van der Waals surface area (Å²) in [7, 11) is -2.89. The number of sulfone groups is 1. The summed E-state index contributed by atoms with van der Waals surface area (Å²) < 4.78 is 23.1. The number of nitrogens with one attached hydrogen (secondary N) is 1. The monoisotopic (exact) mass is 311 g/mol. The number of thiophene rings is 1. The Morgan fingerprint density at radius 2 is 2.27 bits per heavy atom. The molecule has 1 aromatic rings. The van der Waals surface area contributed by atoms with Gasteiger partial charge in [0.05, 0.1) is 5.75 Å². The lowest BCUT2D eigenvalue weighted by atomic mass is 10.3. The first kappa shape index (κ1) is 13.2. The van der Waals surface area contributed by atoms with E-state index in [4.69, 9.17) is 0 Å². The minimum absolute atomic E-state index is 0.0131. The fraction of sp³-hybridized carbons (Fsp3) is 0.556. The van der Waals surface area contributed by atoms with Crippen molar-refractivity contribution in [2.45, 2.75) is 19.5 Å². The summed E-state index contributed by atoms with van der Waals surface area (Å²) in [5.41, 5.74) is 0. The van der Waals surface area contributed by atoms with E-state index in [1.54, 1.807) is 11.3 Å². The van der Waals surface area contributed by atoms with E-state index in [1.807, 2.05) is 18.4 Å². The van der Waals surface area contributed by atoms with Gasteiger partial charge < -0.3 is 5.32 Å². The van der Waals surface area contributed by atoms with Crippen LogP contribution in [0.4, 0.5) is 0 Å². The average molecular weight is 312 g/mol. The van der Waals surface area contributed by atoms with Crippen LogP contribution >= 0.6 is 27.3 Å². The van der Waals surface area contributed by atoms with E-state index in [2.05, 4.69) is 21.2 Å². The van der Waals surface area contributed by atoms with Crippen LogP contribution in [0.15, 0.2) is 15.9 Å². The topological polar surface area (TPSA) is 46.2 Å². The van der Waals surface area contributed by atoms with Gasteiger partial charge in [0.15, 0.2) is 0 Å². The molecule has 0 saturated heterocycles. The summed E-state index contributed by atoms with van der Waals surface area (Å²) >= 11 is 5.03. The van der Waals surface area contributed by atoms with E-state index in [0.29, 0.717) is 6.54 Å². The molecule has 0 aromatic carbocycles. The normalized spacial score (nSPS) is 14.1. The van der Waals surface area contributed by atoms with Gasteiger partial charge in [0, 0.05) is 33.6 Å². The summed E-state index contributed by atoms with van der Waals surface area (Å²) in [5.74, 6) is 0.180. The first-order valence-corrected chi connectivity index (χ1v) is 8.24.